The quantitative estimate of drug-likeness (QED) is 0.339. The number of Topliss-reactive ketones (excluding diaryl/α,β-unsaturated/α-hetero) is 1. The van der Waals surface area contributed by atoms with Crippen molar-refractivity contribution in [3.8, 4) is 0 Å². The van der Waals surface area contributed by atoms with E-state index in [1.807, 2.05) is 91.0 Å². The largest absolute Gasteiger partial charge is 0.289 e. The van der Waals surface area contributed by atoms with E-state index in [-0.39, 0.29) is 5.78 Å². The lowest BCUT2D eigenvalue weighted by Crippen LogP contribution is -2.02. The van der Waals surface area contributed by atoms with Gasteiger partial charge in [-0.15, -0.1) is 0 Å². The number of carbonyl (C=O) groups excluding carboxylic acids is 1. The molecule has 1 nitrogen and oxygen atoms in total. The summed E-state index contributed by atoms with van der Waals surface area (Å²) in [6.45, 7) is 0. The average molecular weight is 319 g/mol. The van der Waals surface area contributed by atoms with E-state index < -0.39 is 0 Å². The highest BCUT2D eigenvalue weighted by atomic mass is 35.5. The Morgan fingerprint density at radius 1 is 0.696 bits per heavy atom. The molecule has 0 saturated heterocycles. The molecule has 3 aromatic carbocycles. The summed E-state index contributed by atoms with van der Waals surface area (Å²) in [4.78, 5) is 12.9. The van der Waals surface area contributed by atoms with Crippen LogP contribution in [0.3, 0.4) is 0 Å². The number of allylic oxidation sites excluding steroid dienone is 1. The van der Waals surface area contributed by atoms with Crippen molar-refractivity contribution in [1.82, 2.24) is 0 Å². The summed E-state index contributed by atoms with van der Waals surface area (Å²) in [5.41, 5.74) is 3.18. The normalized spacial score (nSPS) is 11.3. The summed E-state index contributed by atoms with van der Waals surface area (Å²) in [5.74, 6) is 0.00625. The molecule has 23 heavy (non-hydrogen) atoms. The Morgan fingerprint density at radius 2 is 1.22 bits per heavy atom. The van der Waals surface area contributed by atoms with Crippen molar-refractivity contribution in [3.05, 3.63) is 107 Å². The molecular weight excluding hydrogens is 304 g/mol. The maximum Gasteiger partial charge on any atom is 0.193 e. The number of carbonyl (C=O) groups is 1. The monoisotopic (exact) mass is 318 g/mol. The third-order valence-corrected chi connectivity index (χ3v) is 3.80. The Labute approximate surface area is 140 Å². The minimum absolute atomic E-state index is 0.00625. The molecule has 0 spiro atoms. The van der Waals surface area contributed by atoms with Gasteiger partial charge in [-0.1, -0.05) is 84.4 Å². The molecule has 3 aromatic rings. The van der Waals surface area contributed by atoms with Crippen LogP contribution in [0.4, 0.5) is 0 Å². The molecule has 0 bridgehead atoms. The van der Waals surface area contributed by atoms with E-state index in [1.165, 1.54) is 0 Å². The second-order valence-electron chi connectivity index (χ2n) is 5.17. The summed E-state index contributed by atoms with van der Waals surface area (Å²) in [6, 6.07) is 26.5. The first kappa shape index (κ1) is 15.3. The second-order valence-corrected chi connectivity index (χ2v) is 5.61. The van der Waals surface area contributed by atoms with Crippen LogP contribution in [-0.2, 0) is 0 Å². The molecule has 0 aliphatic heterocycles. The van der Waals surface area contributed by atoms with Crippen molar-refractivity contribution in [2.75, 3.05) is 0 Å². The fourth-order valence-corrected chi connectivity index (χ4v) is 2.49. The molecule has 0 aliphatic carbocycles. The summed E-state index contributed by atoms with van der Waals surface area (Å²) < 4.78 is 0. The van der Waals surface area contributed by atoms with Crippen molar-refractivity contribution in [2.45, 2.75) is 0 Å². The van der Waals surface area contributed by atoms with Crippen LogP contribution in [0.5, 0.6) is 0 Å². The van der Waals surface area contributed by atoms with Gasteiger partial charge in [0.15, 0.2) is 5.78 Å². The van der Waals surface area contributed by atoms with Gasteiger partial charge in [0.05, 0.1) is 0 Å². The van der Waals surface area contributed by atoms with Gasteiger partial charge in [0.1, 0.15) is 0 Å². The second kappa shape index (κ2) is 7.08. The summed E-state index contributed by atoms with van der Waals surface area (Å²) in [5, 5.41) is 0.679. The van der Waals surface area contributed by atoms with Gasteiger partial charge in [-0.25, -0.2) is 0 Å². The first-order valence-electron chi connectivity index (χ1n) is 7.36. The number of hydrogen-bond acceptors (Lipinski definition) is 1. The molecule has 2 heteroatoms. The summed E-state index contributed by atoms with van der Waals surface area (Å²) in [7, 11) is 0. The molecule has 0 N–H and O–H groups in total. The Hall–Kier alpha value is -2.64. The molecule has 0 fully saturated rings. The van der Waals surface area contributed by atoms with Gasteiger partial charge >= 0.3 is 0 Å². The number of hydrogen-bond donors (Lipinski definition) is 0. The molecule has 0 radical (unpaired) electrons. The van der Waals surface area contributed by atoms with Crippen LogP contribution in [0.1, 0.15) is 21.5 Å². The molecule has 0 unspecified atom stereocenters. The summed E-state index contributed by atoms with van der Waals surface area (Å²) in [6.07, 6.45) is 1.90. The maximum absolute atomic E-state index is 12.9. The Bertz CT molecular complexity index is 819. The highest BCUT2D eigenvalue weighted by Gasteiger charge is 2.14. The van der Waals surface area contributed by atoms with Crippen LogP contribution in [0, 0.1) is 0 Å². The van der Waals surface area contributed by atoms with Gasteiger partial charge in [0.2, 0.25) is 0 Å². The van der Waals surface area contributed by atoms with Crippen LogP contribution in [-0.4, -0.2) is 5.78 Å². The third-order valence-electron chi connectivity index (χ3n) is 3.55. The van der Waals surface area contributed by atoms with E-state index in [0.717, 1.165) is 11.1 Å². The van der Waals surface area contributed by atoms with Crippen LogP contribution in [0.2, 0.25) is 5.02 Å². The van der Waals surface area contributed by atoms with Gasteiger partial charge in [0, 0.05) is 16.2 Å². The minimum Gasteiger partial charge on any atom is -0.289 e. The van der Waals surface area contributed by atoms with Crippen molar-refractivity contribution in [1.29, 1.82) is 0 Å². The topological polar surface area (TPSA) is 17.1 Å². The van der Waals surface area contributed by atoms with Gasteiger partial charge in [-0.3, -0.25) is 4.79 Å². The van der Waals surface area contributed by atoms with Crippen LogP contribution in [0.15, 0.2) is 84.9 Å². The fraction of sp³-hybridized carbons (Fsp3) is 0. The van der Waals surface area contributed by atoms with Gasteiger partial charge < -0.3 is 0 Å². The molecule has 0 atom stereocenters. The van der Waals surface area contributed by atoms with Crippen molar-refractivity contribution >= 4 is 29.0 Å². The zero-order chi connectivity index (χ0) is 16.1. The minimum atomic E-state index is 0.00625. The predicted octanol–water partition coefficient (Wildman–Crippen LogP) is 5.76. The molecule has 3 rings (SSSR count). The van der Waals surface area contributed by atoms with Gasteiger partial charge in [-0.2, -0.15) is 0 Å². The third kappa shape index (κ3) is 3.77. The van der Waals surface area contributed by atoms with Crippen LogP contribution < -0.4 is 0 Å². The number of ketones is 1. The van der Waals surface area contributed by atoms with Crippen molar-refractivity contribution in [3.63, 3.8) is 0 Å². The molecule has 0 aromatic heterocycles. The van der Waals surface area contributed by atoms with Crippen LogP contribution in [0.25, 0.3) is 11.6 Å². The first-order valence-corrected chi connectivity index (χ1v) is 7.74. The maximum atomic E-state index is 12.9. The smallest absolute Gasteiger partial charge is 0.193 e. The molecule has 0 amide bonds. The Kier molecular flexibility index (Phi) is 4.70. The van der Waals surface area contributed by atoms with E-state index in [2.05, 4.69) is 0 Å². The number of halogens is 1. The summed E-state index contributed by atoms with van der Waals surface area (Å²) >= 11 is 5.94. The predicted molar refractivity (Wildman–Crippen MR) is 96.5 cm³/mol. The lowest BCUT2D eigenvalue weighted by Gasteiger charge is -2.08. The lowest BCUT2D eigenvalue weighted by molar-refractivity contribution is 0.105. The molecular formula is C21H15ClO. The number of rotatable bonds is 4. The SMILES string of the molecule is O=C(/C(=C/c1ccc(Cl)cc1)c1ccccc1)c1ccccc1. The van der Waals surface area contributed by atoms with E-state index in [4.69, 9.17) is 11.6 Å². The molecule has 0 heterocycles. The molecule has 0 aliphatic rings. The molecule has 112 valence electrons. The van der Waals surface area contributed by atoms with E-state index in [1.54, 1.807) is 0 Å². The zero-order valence-corrected chi connectivity index (χ0v) is 13.2. The van der Waals surface area contributed by atoms with E-state index in [0.29, 0.717) is 16.2 Å². The van der Waals surface area contributed by atoms with Crippen LogP contribution >= 0.6 is 11.6 Å². The average Bonchev–Trinajstić information content (AvgIpc) is 2.62. The van der Waals surface area contributed by atoms with Gasteiger partial charge in [-0.05, 0) is 29.3 Å². The number of benzene rings is 3. The fourth-order valence-electron chi connectivity index (χ4n) is 2.37. The van der Waals surface area contributed by atoms with E-state index in [9.17, 15) is 4.79 Å². The first-order chi connectivity index (χ1) is 11.2. The standard InChI is InChI=1S/C21H15ClO/c22-19-13-11-16(12-14-19)15-20(17-7-3-1-4-8-17)21(23)18-9-5-2-6-10-18/h1-15H/b20-15+. The Balaban J connectivity index is 2.07. The van der Waals surface area contributed by atoms with Crippen molar-refractivity contribution in [2.24, 2.45) is 0 Å². The Morgan fingerprint density at radius 3 is 1.78 bits per heavy atom. The highest BCUT2D eigenvalue weighted by Crippen LogP contribution is 2.23. The van der Waals surface area contributed by atoms with Crippen molar-refractivity contribution < 1.29 is 4.79 Å². The van der Waals surface area contributed by atoms with Gasteiger partial charge in [0.25, 0.3) is 0 Å². The van der Waals surface area contributed by atoms with E-state index >= 15 is 0 Å². The lowest BCUT2D eigenvalue weighted by atomic mass is 9.95. The highest BCUT2D eigenvalue weighted by molar-refractivity contribution is 6.32. The molecule has 0 saturated carbocycles. The zero-order valence-electron chi connectivity index (χ0n) is 12.4.